The number of amides is 1. The minimum Gasteiger partial charge on any atom is -0.508 e. The summed E-state index contributed by atoms with van der Waals surface area (Å²) in [5.74, 6) is -0.119. The molecule has 1 unspecified atom stereocenters. The van der Waals surface area contributed by atoms with Gasteiger partial charge in [0.25, 0.3) is 0 Å². The molecule has 1 rings (SSSR count). The molecule has 0 heterocycles. The first-order valence-corrected chi connectivity index (χ1v) is 5.35. The summed E-state index contributed by atoms with van der Waals surface area (Å²) < 4.78 is 0. The van der Waals surface area contributed by atoms with Gasteiger partial charge < -0.3 is 16.2 Å². The lowest BCUT2D eigenvalue weighted by atomic mass is 9.96. The van der Waals surface area contributed by atoms with Gasteiger partial charge in [0.1, 0.15) is 5.75 Å². The van der Waals surface area contributed by atoms with Crippen LogP contribution in [0, 0.1) is 0 Å². The SMILES string of the molecule is CCCC(C)(N)C(=O)Nc1cccc(O)c1. The molecule has 1 aromatic rings. The molecule has 0 bridgehead atoms. The van der Waals surface area contributed by atoms with Crippen LogP contribution in [0.2, 0.25) is 0 Å². The van der Waals surface area contributed by atoms with Crippen LogP contribution in [0.5, 0.6) is 5.75 Å². The van der Waals surface area contributed by atoms with Crippen molar-refractivity contribution in [3.05, 3.63) is 24.3 Å². The molecule has 0 aliphatic rings. The number of phenolic OH excluding ortho intramolecular Hbond substituents is 1. The lowest BCUT2D eigenvalue weighted by Crippen LogP contribution is -2.48. The standard InChI is InChI=1S/C12H18N2O2/c1-3-7-12(2,13)11(16)14-9-5-4-6-10(15)8-9/h4-6,8,15H,3,7,13H2,1-2H3,(H,14,16). The summed E-state index contributed by atoms with van der Waals surface area (Å²) in [6, 6.07) is 6.40. The molecule has 1 amide bonds. The number of anilines is 1. The average Bonchev–Trinajstić information content (AvgIpc) is 2.17. The van der Waals surface area contributed by atoms with E-state index in [9.17, 15) is 9.90 Å². The maximum absolute atomic E-state index is 11.8. The fourth-order valence-corrected chi connectivity index (χ4v) is 1.49. The summed E-state index contributed by atoms with van der Waals surface area (Å²) in [6.45, 7) is 3.68. The Morgan fingerprint density at radius 1 is 1.56 bits per heavy atom. The lowest BCUT2D eigenvalue weighted by Gasteiger charge is -2.22. The van der Waals surface area contributed by atoms with Crippen LogP contribution in [-0.4, -0.2) is 16.6 Å². The topological polar surface area (TPSA) is 75.4 Å². The monoisotopic (exact) mass is 222 g/mol. The number of rotatable bonds is 4. The lowest BCUT2D eigenvalue weighted by molar-refractivity contribution is -0.120. The molecule has 0 saturated heterocycles. The summed E-state index contributed by atoms with van der Waals surface area (Å²) in [6.07, 6.45) is 1.47. The molecule has 1 aromatic carbocycles. The fraction of sp³-hybridized carbons (Fsp3) is 0.417. The molecule has 4 N–H and O–H groups in total. The van der Waals surface area contributed by atoms with Gasteiger partial charge in [-0.3, -0.25) is 4.79 Å². The number of benzene rings is 1. The van der Waals surface area contributed by atoms with Crippen LogP contribution >= 0.6 is 0 Å². The summed E-state index contributed by atoms with van der Waals surface area (Å²) in [7, 11) is 0. The Hall–Kier alpha value is -1.55. The maximum Gasteiger partial charge on any atom is 0.244 e. The minimum atomic E-state index is -0.875. The van der Waals surface area contributed by atoms with E-state index in [1.165, 1.54) is 6.07 Å². The second-order valence-electron chi connectivity index (χ2n) is 4.17. The average molecular weight is 222 g/mol. The van der Waals surface area contributed by atoms with Crippen molar-refractivity contribution in [2.24, 2.45) is 5.73 Å². The molecule has 16 heavy (non-hydrogen) atoms. The number of carbonyl (C=O) groups is 1. The van der Waals surface area contributed by atoms with Gasteiger partial charge in [-0.05, 0) is 25.5 Å². The van der Waals surface area contributed by atoms with E-state index >= 15 is 0 Å². The number of carbonyl (C=O) groups excluding carboxylic acids is 1. The van der Waals surface area contributed by atoms with Crippen molar-refractivity contribution in [1.82, 2.24) is 0 Å². The molecule has 0 saturated carbocycles. The number of phenols is 1. The van der Waals surface area contributed by atoms with Crippen molar-refractivity contribution >= 4 is 11.6 Å². The fourth-order valence-electron chi connectivity index (χ4n) is 1.49. The van der Waals surface area contributed by atoms with Gasteiger partial charge >= 0.3 is 0 Å². The third kappa shape index (κ3) is 3.24. The predicted molar refractivity (Wildman–Crippen MR) is 64.2 cm³/mol. The third-order valence-electron chi connectivity index (χ3n) is 2.39. The van der Waals surface area contributed by atoms with E-state index in [2.05, 4.69) is 5.32 Å². The van der Waals surface area contributed by atoms with Gasteiger partial charge in [-0.2, -0.15) is 0 Å². The summed E-state index contributed by atoms with van der Waals surface area (Å²) in [5, 5.41) is 11.9. The first-order chi connectivity index (χ1) is 7.45. The van der Waals surface area contributed by atoms with Crippen LogP contribution in [0.4, 0.5) is 5.69 Å². The van der Waals surface area contributed by atoms with Crippen LogP contribution in [0.1, 0.15) is 26.7 Å². The zero-order valence-corrected chi connectivity index (χ0v) is 9.66. The molecule has 0 spiro atoms. The molecule has 0 aromatic heterocycles. The van der Waals surface area contributed by atoms with Gasteiger partial charge in [0, 0.05) is 11.8 Å². The van der Waals surface area contributed by atoms with Crippen LogP contribution in [0.25, 0.3) is 0 Å². The van der Waals surface area contributed by atoms with E-state index in [-0.39, 0.29) is 11.7 Å². The molecular formula is C12H18N2O2. The Morgan fingerprint density at radius 3 is 2.81 bits per heavy atom. The highest BCUT2D eigenvalue weighted by atomic mass is 16.3. The van der Waals surface area contributed by atoms with Crippen LogP contribution in [-0.2, 0) is 4.79 Å². The predicted octanol–water partition coefficient (Wildman–Crippen LogP) is 1.85. The Kier molecular flexibility index (Phi) is 3.90. The molecule has 1 atom stereocenters. The van der Waals surface area contributed by atoms with Crippen molar-refractivity contribution in [3.8, 4) is 5.75 Å². The van der Waals surface area contributed by atoms with Gasteiger partial charge in [-0.15, -0.1) is 0 Å². The van der Waals surface area contributed by atoms with Crippen molar-refractivity contribution in [3.63, 3.8) is 0 Å². The third-order valence-corrected chi connectivity index (χ3v) is 2.39. The highest BCUT2D eigenvalue weighted by Gasteiger charge is 2.27. The minimum absolute atomic E-state index is 0.118. The largest absolute Gasteiger partial charge is 0.508 e. The quantitative estimate of drug-likeness (QED) is 0.727. The highest BCUT2D eigenvalue weighted by molar-refractivity contribution is 5.97. The van der Waals surface area contributed by atoms with Gasteiger partial charge in [-0.25, -0.2) is 0 Å². The summed E-state index contributed by atoms with van der Waals surface area (Å²) in [4.78, 5) is 11.8. The Balaban J connectivity index is 2.71. The van der Waals surface area contributed by atoms with Crippen LogP contribution < -0.4 is 11.1 Å². The molecule has 0 aliphatic carbocycles. The number of nitrogens with one attached hydrogen (secondary N) is 1. The Bertz CT molecular complexity index is 375. The number of aromatic hydroxyl groups is 1. The van der Waals surface area contributed by atoms with Crippen molar-refractivity contribution in [2.45, 2.75) is 32.2 Å². The molecule has 0 radical (unpaired) electrons. The van der Waals surface area contributed by atoms with E-state index in [1.807, 2.05) is 6.92 Å². The zero-order valence-electron chi connectivity index (χ0n) is 9.66. The molecule has 0 fully saturated rings. The van der Waals surface area contributed by atoms with Gasteiger partial charge in [0.05, 0.1) is 5.54 Å². The van der Waals surface area contributed by atoms with Gasteiger partial charge in [0.2, 0.25) is 5.91 Å². The van der Waals surface area contributed by atoms with Gasteiger partial charge in [0.15, 0.2) is 0 Å². The number of hydrogen-bond acceptors (Lipinski definition) is 3. The van der Waals surface area contributed by atoms with Crippen LogP contribution in [0.3, 0.4) is 0 Å². The number of nitrogens with two attached hydrogens (primary N) is 1. The molecule has 4 heteroatoms. The van der Waals surface area contributed by atoms with E-state index < -0.39 is 5.54 Å². The van der Waals surface area contributed by atoms with E-state index in [0.29, 0.717) is 12.1 Å². The van der Waals surface area contributed by atoms with Gasteiger partial charge in [-0.1, -0.05) is 19.4 Å². The zero-order chi connectivity index (χ0) is 12.2. The molecule has 4 nitrogen and oxygen atoms in total. The van der Waals surface area contributed by atoms with E-state index in [1.54, 1.807) is 25.1 Å². The van der Waals surface area contributed by atoms with Crippen molar-refractivity contribution in [1.29, 1.82) is 0 Å². The first-order valence-electron chi connectivity index (χ1n) is 5.35. The normalized spacial score (nSPS) is 14.2. The van der Waals surface area contributed by atoms with Crippen molar-refractivity contribution in [2.75, 3.05) is 5.32 Å². The van der Waals surface area contributed by atoms with Crippen molar-refractivity contribution < 1.29 is 9.90 Å². The summed E-state index contributed by atoms with van der Waals surface area (Å²) in [5.41, 5.74) is 5.56. The van der Waals surface area contributed by atoms with Crippen LogP contribution in [0.15, 0.2) is 24.3 Å². The Labute approximate surface area is 95.5 Å². The summed E-state index contributed by atoms with van der Waals surface area (Å²) >= 11 is 0. The Morgan fingerprint density at radius 2 is 2.25 bits per heavy atom. The molecule has 0 aliphatic heterocycles. The molecular weight excluding hydrogens is 204 g/mol. The molecule has 88 valence electrons. The smallest absolute Gasteiger partial charge is 0.244 e. The first kappa shape index (κ1) is 12.5. The van der Waals surface area contributed by atoms with E-state index in [4.69, 9.17) is 5.73 Å². The van der Waals surface area contributed by atoms with E-state index in [0.717, 1.165) is 6.42 Å². The number of hydrogen-bond donors (Lipinski definition) is 3. The highest BCUT2D eigenvalue weighted by Crippen LogP contribution is 2.17. The second-order valence-corrected chi connectivity index (χ2v) is 4.17. The second kappa shape index (κ2) is 4.99. The maximum atomic E-state index is 11.8.